The number of carbonyl (C=O) groups is 1. The van der Waals surface area contributed by atoms with Crippen molar-refractivity contribution in [1.29, 1.82) is 0 Å². The van der Waals surface area contributed by atoms with E-state index < -0.39 is 0 Å². The minimum Gasteiger partial charge on any atom is -0.303 e. The van der Waals surface area contributed by atoms with Crippen LogP contribution in [-0.2, 0) is 11.2 Å². The minimum atomic E-state index is -0.169. The van der Waals surface area contributed by atoms with Gasteiger partial charge in [-0.2, -0.15) is 0 Å². The van der Waals surface area contributed by atoms with E-state index >= 15 is 0 Å². The average molecular weight is 236 g/mol. The van der Waals surface area contributed by atoms with Crippen LogP contribution in [0.4, 0.5) is 4.39 Å². The van der Waals surface area contributed by atoms with Gasteiger partial charge >= 0.3 is 0 Å². The van der Waals surface area contributed by atoms with Crippen LogP contribution in [0.25, 0.3) is 0 Å². The molecule has 0 amide bonds. The Bertz CT molecular complexity index is 365. The second-order valence-electron chi connectivity index (χ2n) is 5.83. The summed E-state index contributed by atoms with van der Waals surface area (Å²) in [7, 11) is 0. The Labute approximate surface area is 103 Å². The first-order chi connectivity index (χ1) is 7.92. The molecular weight excluding hydrogens is 215 g/mol. The van der Waals surface area contributed by atoms with Gasteiger partial charge in [-0.05, 0) is 35.8 Å². The summed E-state index contributed by atoms with van der Waals surface area (Å²) in [6, 6.07) is 6.81. The summed E-state index contributed by atoms with van der Waals surface area (Å²) in [5.74, 6) is 0.0571. The normalized spacial score (nSPS) is 13.4. The molecule has 1 aromatic rings. The highest BCUT2D eigenvalue weighted by molar-refractivity contribution is 5.49. The molecule has 0 bridgehead atoms. The minimum absolute atomic E-state index is 0.166. The molecule has 0 fully saturated rings. The lowest BCUT2D eigenvalue weighted by Gasteiger charge is -2.25. The number of rotatable bonds is 5. The molecule has 0 aromatic heterocycles. The number of benzene rings is 1. The molecule has 0 spiro atoms. The van der Waals surface area contributed by atoms with E-state index in [2.05, 4.69) is 20.8 Å². The predicted octanol–water partition coefficient (Wildman–Crippen LogP) is 4.01. The predicted molar refractivity (Wildman–Crippen MR) is 68.3 cm³/mol. The van der Waals surface area contributed by atoms with Crippen LogP contribution in [0.2, 0.25) is 0 Å². The molecule has 0 radical (unpaired) electrons. The van der Waals surface area contributed by atoms with Crippen LogP contribution in [0, 0.1) is 17.2 Å². The molecule has 0 aliphatic rings. The zero-order valence-electron chi connectivity index (χ0n) is 10.9. The second-order valence-corrected chi connectivity index (χ2v) is 5.83. The molecule has 1 nitrogen and oxygen atoms in total. The van der Waals surface area contributed by atoms with Crippen molar-refractivity contribution in [2.24, 2.45) is 11.3 Å². The van der Waals surface area contributed by atoms with E-state index in [1.807, 2.05) is 6.07 Å². The maximum atomic E-state index is 13.5. The lowest BCUT2D eigenvalue weighted by atomic mass is 9.80. The van der Waals surface area contributed by atoms with Crippen LogP contribution in [-0.4, -0.2) is 6.29 Å². The van der Waals surface area contributed by atoms with Crippen LogP contribution in [0.5, 0.6) is 0 Å². The average Bonchev–Trinajstić information content (AvgIpc) is 2.19. The third kappa shape index (κ3) is 5.12. The highest BCUT2D eigenvalue weighted by Gasteiger charge is 2.19. The summed E-state index contributed by atoms with van der Waals surface area (Å²) in [6.45, 7) is 6.43. The molecule has 17 heavy (non-hydrogen) atoms. The van der Waals surface area contributed by atoms with Gasteiger partial charge in [0.25, 0.3) is 0 Å². The Morgan fingerprint density at radius 1 is 1.29 bits per heavy atom. The molecule has 0 aliphatic heterocycles. The standard InChI is InChI=1S/C15H21FO/c1-15(2,3)11-12(8-9-17)10-13-6-4-5-7-14(13)16/h4-7,9,12H,8,10-11H2,1-3H3. The van der Waals surface area contributed by atoms with Crippen LogP contribution in [0.1, 0.15) is 39.2 Å². The third-order valence-electron chi connectivity index (χ3n) is 2.80. The van der Waals surface area contributed by atoms with Crippen molar-refractivity contribution in [3.05, 3.63) is 35.6 Å². The van der Waals surface area contributed by atoms with Gasteiger partial charge in [0.2, 0.25) is 0 Å². The highest BCUT2D eigenvalue weighted by atomic mass is 19.1. The smallest absolute Gasteiger partial charge is 0.126 e. The summed E-state index contributed by atoms with van der Waals surface area (Å²) in [6.07, 6.45) is 3.02. The number of halogens is 1. The highest BCUT2D eigenvalue weighted by Crippen LogP contribution is 2.28. The first-order valence-corrected chi connectivity index (χ1v) is 6.09. The summed E-state index contributed by atoms with van der Waals surface area (Å²) in [5, 5.41) is 0. The van der Waals surface area contributed by atoms with Gasteiger partial charge in [0.1, 0.15) is 12.1 Å². The van der Waals surface area contributed by atoms with Crippen LogP contribution >= 0.6 is 0 Å². The van der Waals surface area contributed by atoms with Gasteiger partial charge in [0.05, 0.1) is 0 Å². The number of hydrogen-bond donors (Lipinski definition) is 0. The van der Waals surface area contributed by atoms with E-state index in [9.17, 15) is 9.18 Å². The quantitative estimate of drug-likeness (QED) is 0.706. The van der Waals surface area contributed by atoms with E-state index in [0.29, 0.717) is 18.4 Å². The first kappa shape index (κ1) is 13.9. The van der Waals surface area contributed by atoms with E-state index in [1.165, 1.54) is 6.07 Å². The summed E-state index contributed by atoms with van der Waals surface area (Å²) in [4.78, 5) is 10.7. The molecule has 0 aliphatic carbocycles. The van der Waals surface area contributed by atoms with Gasteiger partial charge in [-0.3, -0.25) is 0 Å². The molecule has 0 saturated carbocycles. The summed E-state index contributed by atoms with van der Waals surface area (Å²) < 4.78 is 13.5. The van der Waals surface area contributed by atoms with Crippen LogP contribution in [0.3, 0.4) is 0 Å². The second kappa shape index (κ2) is 5.95. The summed E-state index contributed by atoms with van der Waals surface area (Å²) in [5.41, 5.74) is 0.877. The largest absolute Gasteiger partial charge is 0.303 e. The van der Waals surface area contributed by atoms with Crippen molar-refractivity contribution in [3.8, 4) is 0 Å². The Morgan fingerprint density at radius 2 is 1.94 bits per heavy atom. The van der Waals surface area contributed by atoms with E-state index in [1.54, 1.807) is 12.1 Å². The van der Waals surface area contributed by atoms with Gasteiger partial charge in [-0.15, -0.1) is 0 Å². The van der Waals surface area contributed by atoms with Gasteiger partial charge in [0, 0.05) is 6.42 Å². The van der Waals surface area contributed by atoms with Crippen LogP contribution < -0.4 is 0 Å². The molecule has 2 heteroatoms. The maximum Gasteiger partial charge on any atom is 0.126 e. The monoisotopic (exact) mass is 236 g/mol. The van der Waals surface area contributed by atoms with Crippen molar-refractivity contribution in [3.63, 3.8) is 0 Å². The SMILES string of the molecule is CC(C)(C)CC(CC=O)Cc1ccccc1F. The van der Waals surface area contributed by atoms with Crippen molar-refractivity contribution in [2.75, 3.05) is 0 Å². The van der Waals surface area contributed by atoms with Crippen molar-refractivity contribution < 1.29 is 9.18 Å². The zero-order chi connectivity index (χ0) is 12.9. The molecule has 1 rings (SSSR count). The number of carbonyl (C=O) groups excluding carboxylic acids is 1. The number of aldehydes is 1. The molecule has 0 heterocycles. The zero-order valence-corrected chi connectivity index (χ0v) is 10.9. The molecule has 1 aromatic carbocycles. The molecule has 94 valence electrons. The third-order valence-corrected chi connectivity index (χ3v) is 2.80. The maximum absolute atomic E-state index is 13.5. The van der Waals surface area contributed by atoms with Gasteiger partial charge in [-0.25, -0.2) is 4.39 Å². The number of hydrogen-bond acceptors (Lipinski definition) is 1. The Morgan fingerprint density at radius 3 is 2.47 bits per heavy atom. The molecule has 1 unspecified atom stereocenters. The van der Waals surface area contributed by atoms with Gasteiger partial charge in [-0.1, -0.05) is 39.0 Å². The van der Waals surface area contributed by atoms with Crippen molar-refractivity contribution in [1.82, 2.24) is 0 Å². The lowest BCUT2D eigenvalue weighted by Crippen LogP contribution is -2.16. The first-order valence-electron chi connectivity index (χ1n) is 6.09. The fourth-order valence-corrected chi connectivity index (χ4v) is 2.22. The Kier molecular flexibility index (Phi) is 4.86. The summed E-state index contributed by atoms with van der Waals surface area (Å²) >= 11 is 0. The fraction of sp³-hybridized carbons (Fsp3) is 0.533. The fourth-order valence-electron chi connectivity index (χ4n) is 2.22. The van der Waals surface area contributed by atoms with Crippen molar-refractivity contribution >= 4 is 6.29 Å². The Balaban J connectivity index is 2.73. The Hall–Kier alpha value is -1.18. The lowest BCUT2D eigenvalue weighted by molar-refractivity contribution is -0.108. The molecule has 1 atom stereocenters. The topological polar surface area (TPSA) is 17.1 Å². The van der Waals surface area contributed by atoms with Gasteiger partial charge < -0.3 is 4.79 Å². The van der Waals surface area contributed by atoms with Gasteiger partial charge in [0.15, 0.2) is 0 Å². The molecule has 0 saturated heterocycles. The van der Waals surface area contributed by atoms with E-state index in [4.69, 9.17) is 0 Å². The van der Waals surface area contributed by atoms with E-state index in [0.717, 1.165) is 12.7 Å². The molecule has 0 N–H and O–H groups in total. The van der Waals surface area contributed by atoms with Crippen LogP contribution in [0.15, 0.2) is 24.3 Å². The van der Waals surface area contributed by atoms with E-state index in [-0.39, 0.29) is 17.2 Å². The van der Waals surface area contributed by atoms with Crippen molar-refractivity contribution in [2.45, 2.75) is 40.0 Å². The molecular formula is C15H21FO.